The molecule has 0 aliphatic carbocycles. The molecule has 4 nitrogen and oxygen atoms in total. The molecule has 0 radical (unpaired) electrons. The van der Waals surface area contributed by atoms with Gasteiger partial charge in [-0.15, -0.1) is 0 Å². The molecule has 0 spiro atoms. The number of nitrogens with zero attached hydrogens (tertiary/aromatic N) is 3. The highest BCUT2D eigenvalue weighted by Gasteiger charge is 2.03. The van der Waals surface area contributed by atoms with E-state index < -0.39 is 0 Å². The van der Waals surface area contributed by atoms with Crippen LogP contribution in [0.3, 0.4) is 0 Å². The molecule has 0 fully saturated rings. The van der Waals surface area contributed by atoms with Crippen molar-refractivity contribution in [2.45, 2.75) is 6.54 Å². The summed E-state index contributed by atoms with van der Waals surface area (Å²) < 4.78 is 2.73. The van der Waals surface area contributed by atoms with Crippen LogP contribution in [0, 0.1) is 0 Å². The number of nitrogens with two attached hydrogens (primary N) is 1. The minimum absolute atomic E-state index is 0.381. The van der Waals surface area contributed by atoms with Crippen LogP contribution in [0.2, 0.25) is 0 Å². The van der Waals surface area contributed by atoms with Gasteiger partial charge in [0, 0.05) is 4.47 Å². The minimum Gasteiger partial charge on any atom is -0.324 e. The summed E-state index contributed by atoms with van der Waals surface area (Å²) in [6.07, 6.45) is 1.50. The molecule has 0 unspecified atom stereocenters. The second kappa shape index (κ2) is 3.89. The minimum atomic E-state index is 0.381. The Balaban J connectivity index is 2.49. The lowest BCUT2D eigenvalue weighted by Crippen LogP contribution is -2.07. The number of hydrogen-bond donors (Lipinski definition) is 1. The summed E-state index contributed by atoms with van der Waals surface area (Å²) in [6, 6.07) is 7.83. The van der Waals surface area contributed by atoms with Crippen molar-refractivity contribution >= 4 is 15.9 Å². The largest absolute Gasteiger partial charge is 0.324 e. The van der Waals surface area contributed by atoms with Crippen molar-refractivity contribution in [1.29, 1.82) is 0 Å². The van der Waals surface area contributed by atoms with Gasteiger partial charge in [0.05, 0.1) is 12.2 Å². The molecule has 2 rings (SSSR count). The van der Waals surface area contributed by atoms with Gasteiger partial charge in [-0.25, -0.2) is 9.67 Å². The third-order valence-electron chi connectivity index (χ3n) is 1.85. The summed E-state index contributed by atoms with van der Waals surface area (Å²) in [6.45, 7) is 0.381. The molecule has 1 aromatic heterocycles. The predicted octanol–water partition coefficient (Wildman–Crippen LogP) is 1.49. The molecular formula is C9H9BrN4. The van der Waals surface area contributed by atoms with E-state index in [0.717, 1.165) is 16.0 Å². The van der Waals surface area contributed by atoms with Crippen molar-refractivity contribution in [3.63, 3.8) is 0 Å². The Morgan fingerprint density at radius 3 is 3.00 bits per heavy atom. The van der Waals surface area contributed by atoms with Crippen LogP contribution in [-0.2, 0) is 6.54 Å². The summed E-state index contributed by atoms with van der Waals surface area (Å²) in [5, 5.41) is 4.10. The fraction of sp³-hybridized carbons (Fsp3) is 0.111. The van der Waals surface area contributed by atoms with E-state index in [4.69, 9.17) is 5.73 Å². The summed E-state index contributed by atoms with van der Waals surface area (Å²) in [4.78, 5) is 4.05. The van der Waals surface area contributed by atoms with Gasteiger partial charge in [-0.1, -0.05) is 22.0 Å². The Labute approximate surface area is 89.9 Å². The zero-order valence-electron chi connectivity index (χ0n) is 7.39. The highest BCUT2D eigenvalue weighted by atomic mass is 79.9. The first-order valence-corrected chi connectivity index (χ1v) is 4.95. The van der Waals surface area contributed by atoms with Crippen LogP contribution < -0.4 is 5.73 Å². The average molecular weight is 253 g/mol. The van der Waals surface area contributed by atoms with Crippen molar-refractivity contribution in [2.24, 2.45) is 5.73 Å². The van der Waals surface area contributed by atoms with Crippen molar-refractivity contribution in [1.82, 2.24) is 14.8 Å². The summed E-state index contributed by atoms with van der Waals surface area (Å²) in [7, 11) is 0. The van der Waals surface area contributed by atoms with E-state index in [0.29, 0.717) is 6.54 Å². The van der Waals surface area contributed by atoms with Gasteiger partial charge < -0.3 is 5.73 Å². The Kier molecular flexibility index (Phi) is 2.60. The van der Waals surface area contributed by atoms with E-state index in [1.54, 1.807) is 4.68 Å². The van der Waals surface area contributed by atoms with Gasteiger partial charge in [-0.2, -0.15) is 5.10 Å². The lowest BCUT2D eigenvalue weighted by Gasteiger charge is -2.03. The topological polar surface area (TPSA) is 56.7 Å². The van der Waals surface area contributed by atoms with Crippen molar-refractivity contribution in [2.75, 3.05) is 0 Å². The van der Waals surface area contributed by atoms with Gasteiger partial charge in [-0.05, 0) is 18.2 Å². The van der Waals surface area contributed by atoms with Gasteiger partial charge in [0.2, 0.25) is 0 Å². The second-order valence-corrected chi connectivity index (χ2v) is 3.69. The number of aromatic nitrogens is 3. The average Bonchev–Trinajstić information content (AvgIpc) is 2.65. The van der Waals surface area contributed by atoms with Crippen LogP contribution in [0.25, 0.3) is 5.69 Å². The number of rotatable bonds is 2. The van der Waals surface area contributed by atoms with E-state index in [1.807, 2.05) is 24.3 Å². The standard InChI is InChI=1S/C9H9BrN4/c10-7-2-1-3-8(4-7)14-9(5-11)12-6-13-14/h1-4,6H,5,11H2. The molecule has 0 bridgehead atoms. The second-order valence-electron chi connectivity index (χ2n) is 2.77. The summed E-state index contributed by atoms with van der Waals surface area (Å²) >= 11 is 3.40. The van der Waals surface area contributed by atoms with Crippen LogP contribution in [0.4, 0.5) is 0 Å². The molecular weight excluding hydrogens is 244 g/mol. The maximum atomic E-state index is 5.54. The first-order valence-electron chi connectivity index (χ1n) is 4.16. The van der Waals surface area contributed by atoms with Crippen LogP contribution in [0.5, 0.6) is 0 Å². The number of benzene rings is 1. The maximum Gasteiger partial charge on any atom is 0.145 e. The Morgan fingerprint density at radius 1 is 1.43 bits per heavy atom. The fourth-order valence-electron chi connectivity index (χ4n) is 1.23. The van der Waals surface area contributed by atoms with E-state index in [2.05, 4.69) is 26.0 Å². The first kappa shape index (κ1) is 9.36. The van der Waals surface area contributed by atoms with Gasteiger partial charge in [0.15, 0.2) is 0 Å². The Hall–Kier alpha value is -1.20. The number of hydrogen-bond acceptors (Lipinski definition) is 3. The SMILES string of the molecule is NCc1ncnn1-c1cccc(Br)c1. The molecule has 0 saturated heterocycles. The number of halogens is 1. The lowest BCUT2D eigenvalue weighted by molar-refractivity contribution is 0.789. The van der Waals surface area contributed by atoms with Crippen LogP contribution >= 0.6 is 15.9 Å². The van der Waals surface area contributed by atoms with Crippen LogP contribution in [-0.4, -0.2) is 14.8 Å². The molecule has 0 saturated carbocycles. The monoisotopic (exact) mass is 252 g/mol. The van der Waals surface area contributed by atoms with Gasteiger partial charge in [-0.3, -0.25) is 0 Å². The fourth-order valence-corrected chi connectivity index (χ4v) is 1.62. The third-order valence-corrected chi connectivity index (χ3v) is 2.35. The molecule has 0 amide bonds. The third kappa shape index (κ3) is 1.69. The summed E-state index contributed by atoms with van der Waals surface area (Å²) in [5.41, 5.74) is 6.49. The van der Waals surface area contributed by atoms with Gasteiger partial charge in [0.1, 0.15) is 12.2 Å². The van der Waals surface area contributed by atoms with Crippen molar-refractivity contribution < 1.29 is 0 Å². The Morgan fingerprint density at radius 2 is 2.29 bits per heavy atom. The van der Waals surface area contributed by atoms with Crippen LogP contribution in [0.15, 0.2) is 35.1 Å². The zero-order valence-corrected chi connectivity index (χ0v) is 8.98. The lowest BCUT2D eigenvalue weighted by atomic mass is 10.3. The van der Waals surface area contributed by atoms with Crippen molar-refractivity contribution in [3.05, 3.63) is 40.9 Å². The van der Waals surface area contributed by atoms with Gasteiger partial charge in [0.25, 0.3) is 0 Å². The van der Waals surface area contributed by atoms with E-state index in [-0.39, 0.29) is 0 Å². The summed E-state index contributed by atoms with van der Waals surface area (Å²) in [5.74, 6) is 0.753. The molecule has 72 valence electrons. The smallest absolute Gasteiger partial charge is 0.145 e. The molecule has 0 aliphatic rings. The zero-order chi connectivity index (χ0) is 9.97. The molecule has 0 aliphatic heterocycles. The molecule has 1 heterocycles. The highest BCUT2D eigenvalue weighted by Crippen LogP contribution is 2.15. The maximum absolute atomic E-state index is 5.54. The molecule has 0 atom stereocenters. The predicted molar refractivity (Wildman–Crippen MR) is 57.0 cm³/mol. The van der Waals surface area contributed by atoms with Crippen molar-refractivity contribution in [3.8, 4) is 5.69 Å². The van der Waals surface area contributed by atoms with E-state index in [1.165, 1.54) is 6.33 Å². The first-order chi connectivity index (χ1) is 6.81. The van der Waals surface area contributed by atoms with Crippen LogP contribution in [0.1, 0.15) is 5.82 Å². The highest BCUT2D eigenvalue weighted by molar-refractivity contribution is 9.10. The molecule has 14 heavy (non-hydrogen) atoms. The molecule has 2 N–H and O–H groups in total. The molecule has 5 heteroatoms. The van der Waals surface area contributed by atoms with Gasteiger partial charge >= 0.3 is 0 Å². The van der Waals surface area contributed by atoms with E-state index >= 15 is 0 Å². The quantitative estimate of drug-likeness (QED) is 0.882. The Bertz CT molecular complexity index is 438. The normalized spacial score (nSPS) is 10.4. The molecule has 2 aromatic rings. The van der Waals surface area contributed by atoms with E-state index in [9.17, 15) is 0 Å². The molecule has 1 aromatic carbocycles.